The summed E-state index contributed by atoms with van der Waals surface area (Å²) in [5.41, 5.74) is 1.06. The SMILES string of the molecule is COc1ccc(CCS(N)(=O)=S)cc1. The van der Waals surface area contributed by atoms with Crippen LogP contribution in [-0.2, 0) is 26.3 Å². The molecule has 0 aliphatic rings. The van der Waals surface area contributed by atoms with E-state index in [4.69, 9.17) is 9.88 Å². The molecule has 0 aromatic heterocycles. The van der Waals surface area contributed by atoms with Crippen LogP contribution in [0.25, 0.3) is 0 Å². The number of benzene rings is 1. The minimum absolute atomic E-state index is 0.342. The quantitative estimate of drug-likeness (QED) is 0.836. The Morgan fingerprint density at radius 2 is 2.00 bits per heavy atom. The van der Waals surface area contributed by atoms with Crippen LogP contribution in [0.3, 0.4) is 0 Å². The molecule has 3 nitrogen and oxygen atoms in total. The molecule has 0 bridgehead atoms. The maximum atomic E-state index is 11.1. The molecule has 1 atom stereocenters. The van der Waals surface area contributed by atoms with Gasteiger partial charge >= 0.3 is 0 Å². The summed E-state index contributed by atoms with van der Waals surface area (Å²) < 4.78 is 16.1. The second-order valence-electron chi connectivity index (χ2n) is 2.97. The van der Waals surface area contributed by atoms with E-state index >= 15 is 0 Å². The highest BCUT2D eigenvalue weighted by Gasteiger charge is 2.00. The van der Waals surface area contributed by atoms with Crippen LogP contribution >= 0.6 is 0 Å². The average molecular weight is 231 g/mol. The third-order valence-electron chi connectivity index (χ3n) is 1.83. The van der Waals surface area contributed by atoms with Gasteiger partial charge in [-0.25, -0.2) is 4.21 Å². The normalized spacial score (nSPS) is 14.7. The Labute approximate surface area is 89.1 Å². The van der Waals surface area contributed by atoms with E-state index in [1.165, 1.54) is 0 Å². The summed E-state index contributed by atoms with van der Waals surface area (Å²) in [6.45, 7) is 0. The van der Waals surface area contributed by atoms with E-state index in [2.05, 4.69) is 11.2 Å². The summed E-state index contributed by atoms with van der Waals surface area (Å²) in [6, 6.07) is 7.55. The molecule has 14 heavy (non-hydrogen) atoms. The lowest BCUT2D eigenvalue weighted by atomic mass is 10.2. The summed E-state index contributed by atoms with van der Waals surface area (Å²) in [4.78, 5) is 0. The van der Waals surface area contributed by atoms with Crippen molar-refractivity contribution in [2.75, 3.05) is 12.9 Å². The number of rotatable bonds is 4. The average Bonchev–Trinajstić information content (AvgIpc) is 2.14. The number of hydrogen-bond acceptors (Lipinski definition) is 3. The molecule has 0 aliphatic carbocycles. The number of methoxy groups -OCH3 is 1. The lowest BCUT2D eigenvalue weighted by molar-refractivity contribution is 0.414. The minimum Gasteiger partial charge on any atom is -0.497 e. The van der Waals surface area contributed by atoms with Gasteiger partial charge in [0.1, 0.15) is 5.75 Å². The van der Waals surface area contributed by atoms with Crippen LogP contribution < -0.4 is 9.88 Å². The van der Waals surface area contributed by atoms with Gasteiger partial charge in [0.25, 0.3) is 0 Å². The first-order chi connectivity index (χ1) is 6.51. The molecule has 0 amide bonds. The first-order valence-electron chi connectivity index (χ1n) is 4.15. The zero-order valence-electron chi connectivity index (χ0n) is 7.93. The third-order valence-corrected chi connectivity index (χ3v) is 3.11. The van der Waals surface area contributed by atoms with Gasteiger partial charge in [-0.1, -0.05) is 12.1 Å². The summed E-state index contributed by atoms with van der Waals surface area (Å²) >= 11 is 4.61. The number of ether oxygens (including phenoxy) is 1. The molecule has 0 saturated heterocycles. The van der Waals surface area contributed by atoms with Crippen molar-refractivity contribution in [2.45, 2.75) is 6.42 Å². The first kappa shape index (κ1) is 11.4. The zero-order valence-corrected chi connectivity index (χ0v) is 9.57. The van der Waals surface area contributed by atoms with Crippen molar-refractivity contribution in [2.24, 2.45) is 5.14 Å². The molecule has 2 N–H and O–H groups in total. The van der Waals surface area contributed by atoms with E-state index < -0.39 is 8.68 Å². The molecule has 1 aromatic carbocycles. The Morgan fingerprint density at radius 3 is 2.43 bits per heavy atom. The van der Waals surface area contributed by atoms with Crippen LogP contribution in [-0.4, -0.2) is 17.1 Å². The Bertz CT molecular complexity index is 384. The van der Waals surface area contributed by atoms with E-state index in [0.717, 1.165) is 11.3 Å². The number of aryl methyl sites for hydroxylation is 1. The van der Waals surface area contributed by atoms with Crippen molar-refractivity contribution < 1.29 is 8.95 Å². The predicted molar refractivity (Wildman–Crippen MR) is 61.3 cm³/mol. The lowest BCUT2D eigenvalue weighted by Gasteiger charge is -2.03. The highest BCUT2D eigenvalue weighted by molar-refractivity contribution is 8.31. The van der Waals surface area contributed by atoms with Gasteiger partial charge < -0.3 is 4.74 Å². The van der Waals surface area contributed by atoms with Gasteiger partial charge in [-0.3, -0.25) is 5.14 Å². The molecule has 0 radical (unpaired) electrons. The van der Waals surface area contributed by atoms with Crippen LogP contribution in [0.2, 0.25) is 0 Å². The maximum absolute atomic E-state index is 11.1. The summed E-state index contributed by atoms with van der Waals surface area (Å²) in [6.07, 6.45) is 0.642. The maximum Gasteiger partial charge on any atom is 0.118 e. The molecular weight excluding hydrogens is 218 g/mol. The molecule has 0 heterocycles. The second kappa shape index (κ2) is 4.72. The second-order valence-corrected chi connectivity index (χ2v) is 6.39. The molecule has 0 aliphatic heterocycles. The van der Waals surface area contributed by atoms with E-state index in [0.29, 0.717) is 12.2 Å². The lowest BCUT2D eigenvalue weighted by Crippen LogP contribution is -2.16. The van der Waals surface area contributed by atoms with Gasteiger partial charge in [0.05, 0.1) is 15.8 Å². The van der Waals surface area contributed by atoms with Crippen LogP contribution in [0.5, 0.6) is 5.75 Å². The van der Waals surface area contributed by atoms with Crippen LogP contribution in [0.15, 0.2) is 24.3 Å². The van der Waals surface area contributed by atoms with Crippen molar-refractivity contribution in [3.8, 4) is 5.75 Å². The van der Waals surface area contributed by atoms with Gasteiger partial charge in [-0.2, -0.15) is 0 Å². The highest BCUT2D eigenvalue weighted by atomic mass is 32.8. The van der Waals surface area contributed by atoms with Gasteiger partial charge in [0.15, 0.2) is 0 Å². The minimum atomic E-state index is -2.54. The fourth-order valence-corrected chi connectivity index (χ4v) is 1.82. The molecule has 1 aromatic rings. The molecule has 0 spiro atoms. The molecule has 5 heteroatoms. The van der Waals surface area contributed by atoms with Gasteiger partial charge in [-0.15, -0.1) is 0 Å². The van der Waals surface area contributed by atoms with Crippen LogP contribution in [0, 0.1) is 0 Å². The fraction of sp³-hybridized carbons (Fsp3) is 0.333. The van der Waals surface area contributed by atoms with Crippen molar-refractivity contribution in [3.63, 3.8) is 0 Å². The van der Waals surface area contributed by atoms with Crippen LogP contribution in [0.4, 0.5) is 0 Å². The summed E-state index contributed by atoms with van der Waals surface area (Å²) in [7, 11) is -0.920. The highest BCUT2D eigenvalue weighted by Crippen LogP contribution is 2.11. The first-order valence-corrected chi connectivity index (χ1v) is 6.86. The zero-order chi connectivity index (χ0) is 10.6. The van der Waals surface area contributed by atoms with Crippen molar-refractivity contribution >= 4 is 19.9 Å². The Hall–Kier alpha value is -0.650. The van der Waals surface area contributed by atoms with E-state index in [-0.39, 0.29) is 0 Å². The predicted octanol–water partition coefficient (Wildman–Crippen LogP) is 0.858. The van der Waals surface area contributed by atoms with Crippen molar-refractivity contribution in [3.05, 3.63) is 29.8 Å². The smallest absolute Gasteiger partial charge is 0.118 e. The Morgan fingerprint density at radius 1 is 1.43 bits per heavy atom. The standard InChI is InChI=1S/C9H13NO2S2/c1-12-9-4-2-8(3-5-9)6-7-14(10,11)13/h2-5H,6-7H2,1H3,(H2,10,11,13). The number of nitrogens with two attached hydrogens (primary N) is 1. The topological polar surface area (TPSA) is 52.3 Å². The van der Waals surface area contributed by atoms with E-state index in [1.807, 2.05) is 24.3 Å². The van der Waals surface area contributed by atoms with Gasteiger partial charge in [0.2, 0.25) is 0 Å². The van der Waals surface area contributed by atoms with Crippen molar-refractivity contribution in [1.82, 2.24) is 0 Å². The number of hydrogen-bond donors (Lipinski definition) is 1. The largest absolute Gasteiger partial charge is 0.497 e. The molecule has 1 rings (SSSR count). The Kier molecular flexibility index (Phi) is 3.86. The monoisotopic (exact) mass is 231 g/mol. The van der Waals surface area contributed by atoms with Crippen LogP contribution in [0.1, 0.15) is 5.56 Å². The molecule has 0 saturated carbocycles. The summed E-state index contributed by atoms with van der Waals surface area (Å²) in [5, 5.41) is 5.26. The van der Waals surface area contributed by atoms with Gasteiger partial charge in [0, 0.05) is 5.75 Å². The molecular formula is C9H13NO2S2. The van der Waals surface area contributed by atoms with E-state index in [9.17, 15) is 4.21 Å². The fourth-order valence-electron chi connectivity index (χ4n) is 1.05. The van der Waals surface area contributed by atoms with Crippen molar-refractivity contribution in [1.29, 1.82) is 0 Å². The molecule has 1 unspecified atom stereocenters. The third kappa shape index (κ3) is 4.04. The Balaban J connectivity index is 2.61. The van der Waals surface area contributed by atoms with E-state index in [1.54, 1.807) is 7.11 Å². The molecule has 0 fully saturated rings. The summed E-state index contributed by atoms with van der Waals surface area (Å²) in [5.74, 6) is 1.15. The van der Waals surface area contributed by atoms with Gasteiger partial charge in [-0.05, 0) is 35.3 Å². The molecule has 78 valence electrons.